The van der Waals surface area contributed by atoms with Gasteiger partial charge in [-0.05, 0) is 43.7 Å². The van der Waals surface area contributed by atoms with Crippen LogP contribution < -0.4 is 5.73 Å². The number of rotatable bonds is 6. The lowest BCUT2D eigenvalue weighted by molar-refractivity contribution is -0.118. The number of ketones is 1. The van der Waals surface area contributed by atoms with Crippen LogP contribution in [0, 0.1) is 0 Å². The summed E-state index contributed by atoms with van der Waals surface area (Å²) in [4.78, 5) is 23.2. The van der Waals surface area contributed by atoms with Gasteiger partial charge in [-0.25, -0.2) is 12.4 Å². The van der Waals surface area contributed by atoms with Crippen LogP contribution in [0.2, 0.25) is 5.02 Å². The van der Waals surface area contributed by atoms with Crippen LogP contribution in [-0.2, 0) is 21.2 Å². The molecule has 2 aromatic carbocycles. The standard InChI is InChI=1S/C19H17ClN2O4S/c1-12(23)16-11-18-13(10-17(16)20)9-14(7-8-19(21)24)22(18)27(25,26)15-5-3-2-4-6-15/h2-6,9-11H,7-8H2,1H3,(H2,21,24). The van der Waals surface area contributed by atoms with Gasteiger partial charge in [0, 0.05) is 23.1 Å². The minimum Gasteiger partial charge on any atom is -0.370 e. The normalized spacial score (nSPS) is 11.6. The molecule has 8 heteroatoms. The number of benzene rings is 2. The number of aryl methyl sites for hydroxylation is 1. The van der Waals surface area contributed by atoms with Crippen LogP contribution in [0.4, 0.5) is 0 Å². The summed E-state index contributed by atoms with van der Waals surface area (Å²) in [5.74, 6) is -0.809. The van der Waals surface area contributed by atoms with E-state index in [2.05, 4.69) is 0 Å². The zero-order chi connectivity index (χ0) is 19.8. The van der Waals surface area contributed by atoms with Crippen molar-refractivity contribution in [1.82, 2.24) is 3.97 Å². The van der Waals surface area contributed by atoms with E-state index in [0.717, 1.165) is 3.97 Å². The highest BCUT2D eigenvalue weighted by molar-refractivity contribution is 7.90. The molecule has 3 rings (SSSR count). The molecule has 1 heterocycles. The Hall–Kier alpha value is -2.64. The summed E-state index contributed by atoms with van der Waals surface area (Å²) in [5, 5.41) is 0.801. The molecule has 27 heavy (non-hydrogen) atoms. The molecule has 0 aliphatic carbocycles. The third-order valence-corrected chi connectivity index (χ3v) is 6.30. The van der Waals surface area contributed by atoms with E-state index in [4.69, 9.17) is 17.3 Å². The molecule has 140 valence electrons. The highest BCUT2D eigenvalue weighted by Crippen LogP contribution is 2.31. The second kappa shape index (κ2) is 7.17. The molecule has 0 aliphatic heterocycles. The summed E-state index contributed by atoms with van der Waals surface area (Å²) in [6, 6.07) is 12.6. The minimum atomic E-state index is -3.95. The van der Waals surface area contributed by atoms with Crippen molar-refractivity contribution >= 4 is 44.2 Å². The SMILES string of the molecule is CC(=O)c1cc2c(cc1Cl)cc(CCC(N)=O)n2S(=O)(=O)c1ccccc1. The first kappa shape index (κ1) is 19.1. The van der Waals surface area contributed by atoms with E-state index in [1.807, 2.05) is 0 Å². The molecule has 0 unspecified atom stereocenters. The van der Waals surface area contributed by atoms with E-state index in [1.54, 1.807) is 30.3 Å². The molecule has 0 spiro atoms. The van der Waals surface area contributed by atoms with Crippen LogP contribution in [0.3, 0.4) is 0 Å². The molecule has 3 aromatic rings. The quantitative estimate of drug-likeness (QED) is 0.638. The Balaban J connectivity index is 2.32. The molecule has 6 nitrogen and oxygen atoms in total. The number of hydrogen-bond donors (Lipinski definition) is 1. The fraction of sp³-hybridized carbons (Fsp3) is 0.158. The van der Waals surface area contributed by atoms with Crippen LogP contribution in [0.25, 0.3) is 10.9 Å². The average molecular weight is 405 g/mol. The fourth-order valence-electron chi connectivity index (χ4n) is 2.94. The number of hydrogen-bond acceptors (Lipinski definition) is 4. The highest BCUT2D eigenvalue weighted by atomic mass is 35.5. The van der Waals surface area contributed by atoms with E-state index in [-0.39, 0.29) is 34.1 Å². The van der Waals surface area contributed by atoms with Crippen LogP contribution in [0.15, 0.2) is 53.4 Å². The Morgan fingerprint density at radius 3 is 2.37 bits per heavy atom. The first-order chi connectivity index (χ1) is 12.7. The zero-order valence-corrected chi connectivity index (χ0v) is 16.0. The minimum absolute atomic E-state index is 0.00602. The van der Waals surface area contributed by atoms with Crippen LogP contribution in [-0.4, -0.2) is 24.1 Å². The predicted octanol–water partition coefficient (Wildman–Crippen LogP) is 3.15. The Morgan fingerprint density at radius 1 is 1.11 bits per heavy atom. The van der Waals surface area contributed by atoms with Crippen molar-refractivity contribution in [3.63, 3.8) is 0 Å². The molecule has 0 aliphatic rings. The lowest BCUT2D eigenvalue weighted by atomic mass is 10.1. The third-order valence-electron chi connectivity index (χ3n) is 4.21. The number of carbonyl (C=O) groups is 2. The highest BCUT2D eigenvalue weighted by Gasteiger charge is 2.24. The summed E-state index contributed by atoms with van der Waals surface area (Å²) in [7, 11) is -3.95. The predicted molar refractivity (Wildman–Crippen MR) is 103 cm³/mol. The summed E-state index contributed by atoms with van der Waals surface area (Å²) < 4.78 is 27.7. The summed E-state index contributed by atoms with van der Waals surface area (Å²) in [6.07, 6.45) is 0.136. The van der Waals surface area contributed by atoms with Gasteiger partial charge in [-0.2, -0.15) is 0 Å². The van der Waals surface area contributed by atoms with Crippen molar-refractivity contribution < 1.29 is 18.0 Å². The van der Waals surface area contributed by atoms with Gasteiger partial charge < -0.3 is 5.73 Å². The summed E-state index contributed by atoms with van der Waals surface area (Å²) in [5.41, 5.74) is 6.18. The number of aromatic nitrogens is 1. The number of amides is 1. The lowest BCUT2D eigenvalue weighted by Gasteiger charge is -2.12. The maximum atomic E-state index is 13.3. The molecule has 2 N–H and O–H groups in total. The van der Waals surface area contributed by atoms with E-state index in [0.29, 0.717) is 16.6 Å². The Bertz CT molecular complexity index is 1150. The molecule has 0 radical (unpaired) electrons. The second-order valence-electron chi connectivity index (χ2n) is 6.13. The molecule has 0 fully saturated rings. The second-order valence-corrected chi connectivity index (χ2v) is 8.33. The molecule has 0 atom stereocenters. The number of fused-ring (bicyclic) bond motifs is 1. The summed E-state index contributed by atoms with van der Waals surface area (Å²) in [6.45, 7) is 1.36. The molecular formula is C19H17ClN2O4S. The van der Waals surface area contributed by atoms with E-state index in [9.17, 15) is 18.0 Å². The van der Waals surface area contributed by atoms with Crippen molar-refractivity contribution in [1.29, 1.82) is 0 Å². The number of nitrogens with zero attached hydrogens (tertiary/aromatic N) is 1. The summed E-state index contributed by atoms with van der Waals surface area (Å²) >= 11 is 6.16. The third kappa shape index (κ3) is 3.61. The van der Waals surface area contributed by atoms with Gasteiger partial charge in [0.1, 0.15) is 0 Å². The number of carbonyl (C=O) groups excluding carboxylic acids is 2. The molecule has 0 saturated heterocycles. The Labute approximate surface area is 161 Å². The average Bonchev–Trinajstić information content (AvgIpc) is 2.97. The zero-order valence-electron chi connectivity index (χ0n) is 14.5. The van der Waals surface area contributed by atoms with Crippen molar-refractivity contribution in [3.05, 3.63) is 64.8 Å². The van der Waals surface area contributed by atoms with Gasteiger partial charge in [-0.1, -0.05) is 29.8 Å². The van der Waals surface area contributed by atoms with Crippen LogP contribution >= 0.6 is 11.6 Å². The van der Waals surface area contributed by atoms with Crippen molar-refractivity contribution in [2.45, 2.75) is 24.7 Å². The molecule has 0 bridgehead atoms. The number of Topliss-reactive ketones (excluding diaryl/α,β-unsaturated/α-hetero) is 1. The maximum absolute atomic E-state index is 13.3. The van der Waals surface area contributed by atoms with Gasteiger partial charge in [0.05, 0.1) is 15.4 Å². The van der Waals surface area contributed by atoms with Crippen molar-refractivity contribution in [2.75, 3.05) is 0 Å². The van der Waals surface area contributed by atoms with E-state index < -0.39 is 15.9 Å². The topological polar surface area (TPSA) is 99.2 Å². The first-order valence-electron chi connectivity index (χ1n) is 8.15. The van der Waals surface area contributed by atoms with Gasteiger partial charge in [0.2, 0.25) is 5.91 Å². The monoisotopic (exact) mass is 404 g/mol. The largest absolute Gasteiger partial charge is 0.370 e. The van der Waals surface area contributed by atoms with Crippen LogP contribution in [0.5, 0.6) is 0 Å². The molecule has 0 saturated carbocycles. The smallest absolute Gasteiger partial charge is 0.268 e. The van der Waals surface area contributed by atoms with Crippen molar-refractivity contribution in [2.24, 2.45) is 5.73 Å². The van der Waals surface area contributed by atoms with Gasteiger partial charge >= 0.3 is 0 Å². The fourth-order valence-corrected chi connectivity index (χ4v) is 4.82. The van der Waals surface area contributed by atoms with E-state index in [1.165, 1.54) is 25.1 Å². The molecule has 1 amide bonds. The van der Waals surface area contributed by atoms with Gasteiger partial charge in [0.15, 0.2) is 5.78 Å². The van der Waals surface area contributed by atoms with Crippen molar-refractivity contribution in [3.8, 4) is 0 Å². The lowest BCUT2D eigenvalue weighted by Crippen LogP contribution is -2.18. The van der Waals surface area contributed by atoms with Gasteiger partial charge in [-0.15, -0.1) is 0 Å². The molecule has 1 aromatic heterocycles. The van der Waals surface area contributed by atoms with Crippen LogP contribution in [0.1, 0.15) is 29.4 Å². The number of nitrogens with two attached hydrogens (primary N) is 1. The maximum Gasteiger partial charge on any atom is 0.268 e. The molecular weight excluding hydrogens is 388 g/mol. The van der Waals surface area contributed by atoms with E-state index >= 15 is 0 Å². The first-order valence-corrected chi connectivity index (χ1v) is 9.97. The Kier molecular flexibility index (Phi) is 5.08. The number of halogens is 1. The van der Waals surface area contributed by atoms with Gasteiger partial charge in [0.25, 0.3) is 10.0 Å². The van der Waals surface area contributed by atoms with Gasteiger partial charge in [-0.3, -0.25) is 9.59 Å². The number of primary amides is 1. The Morgan fingerprint density at radius 2 is 1.78 bits per heavy atom.